The van der Waals surface area contributed by atoms with Crippen molar-refractivity contribution in [1.29, 1.82) is 0 Å². The van der Waals surface area contributed by atoms with Crippen LogP contribution in [0.2, 0.25) is 0 Å². The Morgan fingerprint density at radius 2 is 1.68 bits per heavy atom. The van der Waals surface area contributed by atoms with E-state index in [4.69, 9.17) is 4.74 Å². The fraction of sp³-hybridized carbons (Fsp3) is 0.389. The average molecular weight is 340 g/mol. The number of ether oxygens (including phenoxy) is 2. The lowest BCUT2D eigenvalue weighted by atomic mass is 9.72. The quantitative estimate of drug-likeness (QED) is 0.783. The summed E-state index contributed by atoms with van der Waals surface area (Å²) in [5, 5.41) is 0. The molecule has 2 saturated heterocycles. The van der Waals surface area contributed by atoms with Crippen LogP contribution in [0.3, 0.4) is 0 Å². The third-order valence-corrected chi connectivity index (χ3v) is 4.90. The van der Waals surface area contributed by atoms with Crippen molar-refractivity contribution in [2.75, 3.05) is 50.2 Å². The summed E-state index contributed by atoms with van der Waals surface area (Å²) < 4.78 is 9.84. The van der Waals surface area contributed by atoms with Gasteiger partial charge in [0.25, 0.3) is 0 Å². The third-order valence-electron chi connectivity index (χ3n) is 4.90. The van der Waals surface area contributed by atoms with E-state index >= 15 is 0 Å². The van der Waals surface area contributed by atoms with E-state index in [1.54, 1.807) is 13.3 Å². The summed E-state index contributed by atoms with van der Waals surface area (Å²) in [6.07, 6.45) is 3.11. The molecule has 2 fully saturated rings. The van der Waals surface area contributed by atoms with Crippen LogP contribution in [0.1, 0.15) is 10.5 Å². The molecule has 2 aromatic rings. The van der Waals surface area contributed by atoms with Crippen molar-refractivity contribution < 1.29 is 14.3 Å². The molecule has 0 bridgehead atoms. The molecule has 2 aliphatic heterocycles. The summed E-state index contributed by atoms with van der Waals surface area (Å²) in [7, 11) is 3.01. The van der Waals surface area contributed by atoms with Crippen molar-refractivity contribution in [3.63, 3.8) is 0 Å². The number of hydrogen-bond donors (Lipinski definition) is 0. The molecule has 1 spiro atoms. The molecule has 7 nitrogen and oxygen atoms in total. The Hall–Kier alpha value is -2.83. The lowest BCUT2D eigenvalue weighted by Crippen LogP contribution is -2.72. The van der Waals surface area contributed by atoms with Gasteiger partial charge in [0.1, 0.15) is 11.6 Å². The van der Waals surface area contributed by atoms with Gasteiger partial charge in [-0.15, -0.1) is 0 Å². The molecule has 0 saturated carbocycles. The fourth-order valence-electron chi connectivity index (χ4n) is 3.56. The van der Waals surface area contributed by atoms with Crippen molar-refractivity contribution in [1.82, 2.24) is 9.97 Å². The molecule has 7 heteroatoms. The van der Waals surface area contributed by atoms with Gasteiger partial charge >= 0.3 is 5.97 Å². The number of hydrogen-bond acceptors (Lipinski definition) is 7. The van der Waals surface area contributed by atoms with Crippen molar-refractivity contribution in [2.24, 2.45) is 5.41 Å². The van der Waals surface area contributed by atoms with E-state index in [0.717, 1.165) is 37.7 Å². The number of anilines is 2. The van der Waals surface area contributed by atoms with Gasteiger partial charge in [-0.2, -0.15) is 0 Å². The molecule has 130 valence electrons. The van der Waals surface area contributed by atoms with Gasteiger partial charge in [-0.25, -0.2) is 14.8 Å². The van der Waals surface area contributed by atoms with Gasteiger partial charge in [0.15, 0.2) is 5.69 Å². The highest BCUT2D eigenvalue weighted by Crippen LogP contribution is 2.43. The predicted octanol–water partition coefficient (Wildman–Crippen LogP) is 1.60. The van der Waals surface area contributed by atoms with Gasteiger partial charge in [-0.05, 0) is 24.3 Å². The molecule has 0 amide bonds. The number of benzene rings is 1. The van der Waals surface area contributed by atoms with Crippen LogP contribution in [0.15, 0.2) is 36.7 Å². The summed E-state index contributed by atoms with van der Waals surface area (Å²) in [4.78, 5) is 24.4. The largest absolute Gasteiger partial charge is 0.497 e. The zero-order chi connectivity index (χ0) is 17.4. The number of esters is 1. The first-order chi connectivity index (χ1) is 12.1. The highest BCUT2D eigenvalue weighted by molar-refractivity contribution is 5.86. The molecule has 25 heavy (non-hydrogen) atoms. The lowest BCUT2D eigenvalue weighted by molar-refractivity contribution is 0.0593. The van der Waals surface area contributed by atoms with E-state index in [1.807, 2.05) is 12.1 Å². The summed E-state index contributed by atoms with van der Waals surface area (Å²) in [5.74, 6) is 1.22. The minimum absolute atomic E-state index is 0.232. The Morgan fingerprint density at radius 3 is 2.24 bits per heavy atom. The van der Waals surface area contributed by atoms with Crippen LogP contribution in [-0.4, -0.2) is 56.3 Å². The number of methoxy groups -OCH3 is 2. The standard InChI is InChI=1S/C18H20N4O3/c1-24-14-5-3-13(4-6-14)21-9-18(10-21)11-22(12-18)16-8-19-15(7-20-16)17(23)25-2/h3-8H,9-12H2,1-2H3. The monoisotopic (exact) mass is 340 g/mol. The number of carbonyl (C=O) groups excluding carboxylic acids is 1. The van der Waals surface area contributed by atoms with Crippen molar-refractivity contribution >= 4 is 17.5 Å². The van der Waals surface area contributed by atoms with E-state index in [2.05, 4.69) is 36.6 Å². The highest BCUT2D eigenvalue weighted by Gasteiger charge is 2.52. The van der Waals surface area contributed by atoms with Gasteiger partial charge in [0, 0.05) is 37.3 Å². The van der Waals surface area contributed by atoms with Crippen LogP contribution >= 0.6 is 0 Å². The molecule has 4 rings (SSSR count). The van der Waals surface area contributed by atoms with E-state index < -0.39 is 5.97 Å². The van der Waals surface area contributed by atoms with E-state index in [1.165, 1.54) is 19.0 Å². The molecule has 3 heterocycles. The normalized spacial score (nSPS) is 17.7. The first-order valence-electron chi connectivity index (χ1n) is 8.17. The van der Waals surface area contributed by atoms with Gasteiger partial charge < -0.3 is 19.3 Å². The van der Waals surface area contributed by atoms with E-state index in [-0.39, 0.29) is 5.69 Å². The topological polar surface area (TPSA) is 67.8 Å². The maximum absolute atomic E-state index is 11.4. The second-order valence-electron chi connectivity index (χ2n) is 6.66. The highest BCUT2D eigenvalue weighted by atomic mass is 16.5. The van der Waals surface area contributed by atoms with Crippen LogP contribution in [0.4, 0.5) is 11.5 Å². The Morgan fingerprint density at radius 1 is 1.00 bits per heavy atom. The number of aromatic nitrogens is 2. The molecule has 2 aliphatic rings. The van der Waals surface area contributed by atoms with Crippen LogP contribution in [0, 0.1) is 5.41 Å². The van der Waals surface area contributed by atoms with Gasteiger partial charge in [-0.1, -0.05) is 0 Å². The number of carbonyl (C=O) groups is 1. The molecule has 1 aromatic carbocycles. The molecule has 0 unspecified atom stereocenters. The fourth-order valence-corrected chi connectivity index (χ4v) is 3.56. The average Bonchev–Trinajstić information content (AvgIpc) is 2.59. The van der Waals surface area contributed by atoms with Crippen LogP contribution in [0.25, 0.3) is 0 Å². The predicted molar refractivity (Wildman–Crippen MR) is 93.2 cm³/mol. The molecule has 0 aliphatic carbocycles. The smallest absolute Gasteiger partial charge is 0.358 e. The Kier molecular flexibility index (Phi) is 3.71. The molecule has 0 radical (unpaired) electrons. The van der Waals surface area contributed by atoms with Crippen molar-refractivity contribution in [2.45, 2.75) is 0 Å². The molecular weight excluding hydrogens is 320 g/mol. The maximum atomic E-state index is 11.4. The van der Waals surface area contributed by atoms with Gasteiger partial charge in [0.05, 0.1) is 26.6 Å². The van der Waals surface area contributed by atoms with E-state index in [0.29, 0.717) is 5.41 Å². The summed E-state index contributed by atoms with van der Waals surface area (Å²) in [5.41, 5.74) is 1.80. The Bertz CT molecular complexity index is 762. The minimum atomic E-state index is -0.465. The molecule has 0 atom stereocenters. The van der Waals surface area contributed by atoms with Crippen LogP contribution in [0.5, 0.6) is 5.75 Å². The van der Waals surface area contributed by atoms with Gasteiger partial charge in [0.2, 0.25) is 0 Å². The maximum Gasteiger partial charge on any atom is 0.358 e. The zero-order valence-electron chi connectivity index (χ0n) is 14.3. The zero-order valence-corrected chi connectivity index (χ0v) is 14.3. The van der Waals surface area contributed by atoms with Gasteiger partial charge in [-0.3, -0.25) is 0 Å². The summed E-state index contributed by atoms with van der Waals surface area (Å²) in [6.45, 7) is 4.02. The minimum Gasteiger partial charge on any atom is -0.497 e. The second-order valence-corrected chi connectivity index (χ2v) is 6.66. The Labute approximate surface area is 146 Å². The van der Waals surface area contributed by atoms with Crippen molar-refractivity contribution in [3.8, 4) is 5.75 Å². The third kappa shape index (κ3) is 2.75. The van der Waals surface area contributed by atoms with Crippen molar-refractivity contribution in [3.05, 3.63) is 42.4 Å². The van der Waals surface area contributed by atoms with E-state index in [9.17, 15) is 4.79 Å². The molecule has 0 N–H and O–H groups in total. The molecular formula is C18H20N4O3. The number of rotatable bonds is 4. The first kappa shape index (κ1) is 15.7. The van der Waals surface area contributed by atoms with Crippen LogP contribution < -0.4 is 14.5 Å². The lowest BCUT2D eigenvalue weighted by Gasteiger charge is -2.61. The first-order valence-corrected chi connectivity index (χ1v) is 8.17. The summed E-state index contributed by atoms with van der Waals surface area (Å²) >= 11 is 0. The Balaban J connectivity index is 1.33. The SMILES string of the molecule is COC(=O)c1cnc(N2CC3(CN(c4ccc(OC)cc4)C3)C2)cn1. The second kappa shape index (κ2) is 5.91. The van der Waals surface area contributed by atoms with Crippen LogP contribution in [-0.2, 0) is 4.74 Å². The number of nitrogens with zero attached hydrogens (tertiary/aromatic N) is 4. The molecule has 1 aromatic heterocycles. The summed E-state index contributed by atoms with van der Waals surface area (Å²) in [6, 6.07) is 8.18.